The lowest BCUT2D eigenvalue weighted by Crippen LogP contribution is -2.45. The number of nitrogens with two attached hydrogens (primary N) is 1. The Bertz CT molecular complexity index is 559. The second-order valence-electron chi connectivity index (χ2n) is 5.06. The van der Waals surface area contributed by atoms with E-state index in [1.165, 1.54) is 24.3 Å². The summed E-state index contributed by atoms with van der Waals surface area (Å²) in [4.78, 5) is 11.5. The Morgan fingerprint density at radius 1 is 1.30 bits per heavy atom. The minimum atomic E-state index is -3.63. The second kappa shape index (κ2) is 6.34. The van der Waals surface area contributed by atoms with E-state index in [9.17, 15) is 13.2 Å². The fourth-order valence-electron chi connectivity index (χ4n) is 1.35. The zero-order valence-corrected chi connectivity index (χ0v) is 12.7. The van der Waals surface area contributed by atoms with Crippen molar-refractivity contribution in [3.8, 4) is 0 Å². The van der Waals surface area contributed by atoms with E-state index in [1.807, 2.05) is 0 Å². The smallest absolute Gasteiger partial charge is 0.338 e. The van der Waals surface area contributed by atoms with Crippen LogP contribution in [0.4, 0.5) is 0 Å². The van der Waals surface area contributed by atoms with Crippen LogP contribution in [0, 0.1) is 0 Å². The van der Waals surface area contributed by atoms with E-state index in [0.717, 1.165) is 0 Å². The van der Waals surface area contributed by atoms with E-state index in [-0.39, 0.29) is 18.0 Å². The Hall–Kier alpha value is -1.44. The van der Waals surface area contributed by atoms with Crippen molar-refractivity contribution in [2.75, 3.05) is 13.2 Å². The molecule has 0 bridgehead atoms. The molecule has 0 aliphatic rings. The average molecular weight is 300 g/mol. The van der Waals surface area contributed by atoms with Crippen molar-refractivity contribution >= 4 is 16.0 Å². The summed E-state index contributed by atoms with van der Waals surface area (Å²) in [5.41, 5.74) is 5.40. The van der Waals surface area contributed by atoms with E-state index in [1.54, 1.807) is 20.8 Å². The van der Waals surface area contributed by atoms with Gasteiger partial charge in [-0.1, -0.05) is 0 Å². The van der Waals surface area contributed by atoms with Crippen molar-refractivity contribution in [3.05, 3.63) is 29.8 Å². The van der Waals surface area contributed by atoms with Gasteiger partial charge >= 0.3 is 5.97 Å². The van der Waals surface area contributed by atoms with Crippen LogP contribution in [-0.4, -0.2) is 33.1 Å². The number of hydrogen-bond acceptors (Lipinski definition) is 5. The zero-order chi connectivity index (χ0) is 15.4. The number of benzene rings is 1. The summed E-state index contributed by atoms with van der Waals surface area (Å²) in [6.07, 6.45) is 0. The van der Waals surface area contributed by atoms with Crippen LogP contribution in [0.25, 0.3) is 0 Å². The van der Waals surface area contributed by atoms with E-state index < -0.39 is 21.5 Å². The molecule has 6 nitrogen and oxygen atoms in total. The normalized spacial score (nSPS) is 12.2. The molecule has 7 heteroatoms. The first-order valence-electron chi connectivity index (χ1n) is 6.21. The van der Waals surface area contributed by atoms with Crippen molar-refractivity contribution in [1.82, 2.24) is 4.72 Å². The van der Waals surface area contributed by atoms with Crippen LogP contribution in [0.2, 0.25) is 0 Å². The SMILES string of the molecule is CCOC(=O)c1ccc(S(=O)(=O)NCC(C)(C)N)cc1. The topological polar surface area (TPSA) is 98.5 Å². The predicted octanol–water partition coefficient (Wildman–Crippen LogP) is 0.879. The lowest BCUT2D eigenvalue weighted by atomic mass is 10.1. The lowest BCUT2D eigenvalue weighted by Gasteiger charge is -2.18. The Labute approximate surface area is 119 Å². The Balaban J connectivity index is 2.84. The molecule has 0 unspecified atom stereocenters. The van der Waals surface area contributed by atoms with Crippen molar-refractivity contribution < 1.29 is 17.9 Å². The first-order valence-corrected chi connectivity index (χ1v) is 7.70. The molecule has 0 aliphatic carbocycles. The van der Waals surface area contributed by atoms with Gasteiger partial charge in [0.1, 0.15) is 0 Å². The van der Waals surface area contributed by atoms with Crippen molar-refractivity contribution in [2.24, 2.45) is 5.73 Å². The molecule has 0 saturated carbocycles. The summed E-state index contributed by atoms with van der Waals surface area (Å²) >= 11 is 0. The zero-order valence-electron chi connectivity index (χ0n) is 11.8. The predicted molar refractivity (Wildman–Crippen MR) is 75.9 cm³/mol. The van der Waals surface area contributed by atoms with Gasteiger partial charge in [0, 0.05) is 12.1 Å². The van der Waals surface area contributed by atoms with Crippen molar-refractivity contribution in [1.29, 1.82) is 0 Å². The molecule has 0 saturated heterocycles. The Morgan fingerprint density at radius 3 is 2.30 bits per heavy atom. The molecule has 20 heavy (non-hydrogen) atoms. The number of carbonyl (C=O) groups excluding carboxylic acids is 1. The van der Waals surface area contributed by atoms with Crippen LogP contribution in [0.1, 0.15) is 31.1 Å². The van der Waals surface area contributed by atoms with Crippen molar-refractivity contribution in [3.63, 3.8) is 0 Å². The number of esters is 1. The first kappa shape index (κ1) is 16.6. The first-order chi connectivity index (χ1) is 9.15. The quantitative estimate of drug-likeness (QED) is 0.760. The van der Waals surface area contributed by atoms with Gasteiger partial charge in [-0.25, -0.2) is 17.9 Å². The highest BCUT2D eigenvalue weighted by Crippen LogP contribution is 2.12. The third-order valence-corrected chi connectivity index (χ3v) is 3.81. The summed E-state index contributed by atoms with van der Waals surface area (Å²) in [7, 11) is -3.63. The lowest BCUT2D eigenvalue weighted by molar-refractivity contribution is 0.0526. The fourth-order valence-corrected chi connectivity index (χ4v) is 2.57. The van der Waals surface area contributed by atoms with Crippen LogP contribution in [0.15, 0.2) is 29.2 Å². The molecule has 112 valence electrons. The third kappa shape index (κ3) is 4.92. The molecular formula is C13H20N2O4S. The molecule has 3 N–H and O–H groups in total. The molecule has 1 aromatic carbocycles. The maximum Gasteiger partial charge on any atom is 0.338 e. The molecular weight excluding hydrogens is 280 g/mol. The number of ether oxygens (including phenoxy) is 1. The van der Waals surface area contributed by atoms with Gasteiger partial charge in [-0.15, -0.1) is 0 Å². The molecule has 0 spiro atoms. The number of hydrogen-bond donors (Lipinski definition) is 2. The van der Waals surface area contributed by atoms with E-state index in [0.29, 0.717) is 5.56 Å². The minimum Gasteiger partial charge on any atom is -0.462 e. The molecule has 1 aromatic rings. The molecule has 0 aromatic heterocycles. The van der Waals surface area contributed by atoms with E-state index >= 15 is 0 Å². The Morgan fingerprint density at radius 2 is 1.85 bits per heavy atom. The molecule has 0 amide bonds. The molecule has 0 atom stereocenters. The summed E-state index contributed by atoms with van der Waals surface area (Å²) in [5, 5.41) is 0. The summed E-state index contributed by atoms with van der Waals surface area (Å²) < 4.78 is 31.3. The highest BCUT2D eigenvalue weighted by molar-refractivity contribution is 7.89. The summed E-state index contributed by atoms with van der Waals surface area (Å²) in [6.45, 7) is 5.54. The maximum absolute atomic E-state index is 12.0. The summed E-state index contributed by atoms with van der Waals surface area (Å²) in [6, 6.07) is 5.55. The van der Waals surface area contributed by atoms with Gasteiger partial charge in [0.25, 0.3) is 0 Å². The van der Waals surface area contributed by atoms with E-state index in [4.69, 9.17) is 10.5 Å². The number of nitrogens with one attached hydrogen (secondary N) is 1. The largest absolute Gasteiger partial charge is 0.462 e. The van der Waals surface area contributed by atoms with Crippen LogP contribution < -0.4 is 10.5 Å². The average Bonchev–Trinajstić information content (AvgIpc) is 2.36. The van der Waals surface area contributed by atoms with Crippen LogP contribution in [0.5, 0.6) is 0 Å². The fraction of sp³-hybridized carbons (Fsp3) is 0.462. The van der Waals surface area contributed by atoms with Gasteiger partial charge in [0.05, 0.1) is 17.1 Å². The third-order valence-electron chi connectivity index (χ3n) is 2.39. The van der Waals surface area contributed by atoms with Crippen LogP contribution in [0.3, 0.4) is 0 Å². The van der Waals surface area contributed by atoms with Gasteiger partial charge in [0.2, 0.25) is 10.0 Å². The van der Waals surface area contributed by atoms with Gasteiger partial charge in [-0.3, -0.25) is 0 Å². The number of rotatable bonds is 6. The minimum absolute atomic E-state index is 0.0785. The van der Waals surface area contributed by atoms with Crippen molar-refractivity contribution in [2.45, 2.75) is 31.2 Å². The molecule has 0 aliphatic heterocycles. The molecule has 0 radical (unpaired) electrons. The molecule has 0 fully saturated rings. The number of carbonyl (C=O) groups is 1. The van der Waals surface area contributed by atoms with E-state index in [2.05, 4.69) is 4.72 Å². The Kier molecular flexibility index (Phi) is 5.27. The maximum atomic E-state index is 12.0. The molecule has 1 rings (SSSR count). The van der Waals surface area contributed by atoms with Crippen LogP contribution >= 0.6 is 0 Å². The highest BCUT2D eigenvalue weighted by Gasteiger charge is 2.19. The standard InChI is InChI=1S/C13H20N2O4S/c1-4-19-12(16)10-5-7-11(8-6-10)20(17,18)15-9-13(2,3)14/h5-8,15H,4,9,14H2,1-3H3. The summed E-state index contributed by atoms with van der Waals surface area (Å²) in [5.74, 6) is -0.479. The van der Waals surface area contributed by atoms with Gasteiger partial charge in [-0.2, -0.15) is 0 Å². The van der Waals surface area contributed by atoms with Gasteiger partial charge < -0.3 is 10.5 Å². The second-order valence-corrected chi connectivity index (χ2v) is 6.82. The highest BCUT2D eigenvalue weighted by atomic mass is 32.2. The number of sulfonamides is 1. The van der Waals surface area contributed by atoms with Gasteiger partial charge in [-0.05, 0) is 45.0 Å². The molecule has 0 heterocycles. The van der Waals surface area contributed by atoms with Gasteiger partial charge in [0.15, 0.2) is 0 Å². The monoisotopic (exact) mass is 300 g/mol. The van der Waals surface area contributed by atoms with Crippen LogP contribution in [-0.2, 0) is 14.8 Å².